The molecule has 0 aromatic heterocycles. The summed E-state index contributed by atoms with van der Waals surface area (Å²) in [6.07, 6.45) is 5.66. The molecule has 0 fully saturated rings. The summed E-state index contributed by atoms with van der Waals surface area (Å²) in [5, 5.41) is 9.54. The number of hydrogen-bond donors (Lipinski definition) is 1. The zero-order valence-electron chi connectivity index (χ0n) is 8.14. The van der Waals surface area contributed by atoms with Gasteiger partial charge < -0.3 is 5.11 Å². The van der Waals surface area contributed by atoms with Crippen LogP contribution in [0.25, 0.3) is 0 Å². The van der Waals surface area contributed by atoms with E-state index in [-0.39, 0.29) is 6.10 Å². The van der Waals surface area contributed by atoms with E-state index < -0.39 is 0 Å². The van der Waals surface area contributed by atoms with Crippen LogP contribution in [0.5, 0.6) is 0 Å². The van der Waals surface area contributed by atoms with E-state index in [1.54, 1.807) is 0 Å². The van der Waals surface area contributed by atoms with Gasteiger partial charge in [0.1, 0.15) is 0 Å². The van der Waals surface area contributed by atoms with Crippen LogP contribution in [-0.4, -0.2) is 11.2 Å². The molecular formula is C10H22O. The molecule has 0 saturated heterocycles. The van der Waals surface area contributed by atoms with Crippen LogP contribution in [-0.2, 0) is 0 Å². The van der Waals surface area contributed by atoms with Crippen molar-refractivity contribution < 1.29 is 5.11 Å². The lowest BCUT2D eigenvalue weighted by molar-refractivity contribution is 0.0949. The molecular weight excluding hydrogens is 136 g/mol. The molecule has 0 amide bonds. The van der Waals surface area contributed by atoms with Crippen LogP contribution in [0.1, 0.15) is 52.9 Å². The summed E-state index contributed by atoms with van der Waals surface area (Å²) in [4.78, 5) is 0. The maximum absolute atomic E-state index is 9.54. The molecule has 0 aromatic rings. The van der Waals surface area contributed by atoms with E-state index in [0.717, 1.165) is 12.8 Å². The first-order valence-corrected chi connectivity index (χ1v) is 4.94. The second kappa shape index (κ2) is 6.66. The zero-order chi connectivity index (χ0) is 8.69. The summed E-state index contributed by atoms with van der Waals surface area (Å²) in [5.41, 5.74) is 0. The standard InChI is InChI=1S/C10H22O/c1-4-7-8-9(5-2)10(11)6-3/h9-11H,4-8H2,1-3H3/t9-,10-/m1/s1. The van der Waals surface area contributed by atoms with Gasteiger partial charge in [-0.15, -0.1) is 0 Å². The normalized spacial score (nSPS) is 16.4. The van der Waals surface area contributed by atoms with E-state index in [9.17, 15) is 5.11 Å². The Hall–Kier alpha value is -0.0400. The summed E-state index contributed by atoms with van der Waals surface area (Å²) in [6, 6.07) is 0. The lowest BCUT2D eigenvalue weighted by Gasteiger charge is -2.19. The molecule has 1 nitrogen and oxygen atoms in total. The second-order valence-corrected chi connectivity index (χ2v) is 3.29. The van der Waals surface area contributed by atoms with Crippen LogP contribution >= 0.6 is 0 Å². The van der Waals surface area contributed by atoms with Crippen molar-refractivity contribution in [1.82, 2.24) is 0 Å². The van der Waals surface area contributed by atoms with Crippen molar-refractivity contribution in [1.29, 1.82) is 0 Å². The Kier molecular flexibility index (Phi) is 6.63. The molecule has 0 heterocycles. The van der Waals surface area contributed by atoms with Crippen molar-refractivity contribution in [2.75, 3.05) is 0 Å². The molecule has 1 N–H and O–H groups in total. The van der Waals surface area contributed by atoms with Gasteiger partial charge in [-0.05, 0) is 18.8 Å². The average Bonchev–Trinajstić information content (AvgIpc) is 2.05. The van der Waals surface area contributed by atoms with Crippen molar-refractivity contribution in [2.24, 2.45) is 5.92 Å². The largest absolute Gasteiger partial charge is 0.393 e. The van der Waals surface area contributed by atoms with E-state index in [2.05, 4.69) is 20.8 Å². The summed E-state index contributed by atoms with van der Waals surface area (Å²) in [6.45, 7) is 6.42. The van der Waals surface area contributed by atoms with Crippen molar-refractivity contribution in [3.8, 4) is 0 Å². The van der Waals surface area contributed by atoms with E-state index in [1.165, 1.54) is 19.3 Å². The fourth-order valence-corrected chi connectivity index (χ4v) is 1.47. The Morgan fingerprint density at radius 3 is 2.09 bits per heavy atom. The molecule has 0 saturated carbocycles. The monoisotopic (exact) mass is 158 g/mol. The SMILES string of the molecule is CCCC[C@@H](CC)[C@H](O)CC. The van der Waals surface area contributed by atoms with E-state index >= 15 is 0 Å². The highest BCUT2D eigenvalue weighted by Gasteiger charge is 2.13. The first-order chi connectivity index (χ1) is 5.26. The number of aliphatic hydroxyl groups excluding tert-OH is 1. The van der Waals surface area contributed by atoms with E-state index in [0.29, 0.717) is 5.92 Å². The first kappa shape index (κ1) is 11.0. The van der Waals surface area contributed by atoms with Crippen LogP contribution in [0, 0.1) is 5.92 Å². The van der Waals surface area contributed by atoms with Crippen molar-refractivity contribution in [3.05, 3.63) is 0 Å². The van der Waals surface area contributed by atoms with Gasteiger partial charge in [-0.2, -0.15) is 0 Å². The van der Waals surface area contributed by atoms with Gasteiger partial charge in [0.2, 0.25) is 0 Å². The summed E-state index contributed by atoms with van der Waals surface area (Å²) in [5.74, 6) is 0.542. The van der Waals surface area contributed by atoms with Gasteiger partial charge >= 0.3 is 0 Å². The molecule has 0 aliphatic heterocycles. The molecule has 0 rings (SSSR count). The Labute approximate surface area is 70.8 Å². The molecule has 0 radical (unpaired) electrons. The molecule has 11 heavy (non-hydrogen) atoms. The highest BCUT2D eigenvalue weighted by atomic mass is 16.3. The lowest BCUT2D eigenvalue weighted by Crippen LogP contribution is -2.18. The fraction of sp³-hybridized carbons (Fsp3) is 1.00. The fourth-order valence-electron chi connectivity index (χ4n) is 1.47. The number of unbranched alkanes of at least 4 members (excludes halogenated alkanes) is 1. The summed E-state index contributed by atoms with van der Waals surface area (Å²) in [7, 11) is 0. The van der Waals surface area contributed by atoms with Crippen LogP contribution < -0.4 is 0 Å². The van der Waals surface area contributed by atoms with Crippen molar-refractivity contribution in [2.45, 2.75) is 59.0 Å². The molecule has 2 atom stereocenters. The lowest BCUT2D eigenvalue weighted by atomic mass is 9.92. The Morgan fingerprint density at radius 2 is 1.73 bits per heavy atom. The Morgan fingerprint density at radius 1 is 1.09 bits per heavy atom. The quantitative estimate of drug-likeness (QED) is 0.630. The molecule has 1 heteroatoms. The van der Waals surface area contributed by atoms with E-state index in [4.69, 9.17) is 0 Å². The van der Waals surface area contributed by atoms with Crippen molar-refractivity contribution >= 4 is 0 Å². The third-order valence-electron chi connectivity index (χ3n) is 2.42. The molecule has 0 spiro atoms. The van der Waals surface area contributed by atoms with Gasteiger partial charge in [0.15, 0.2) is 0 Å². The van der Waals surface area contributed by atoms with Gasteiger partial charge in [-0.3, -0.25) is 0 Å². The topological polar surface area (TPSA) is 20.2 Å². The van der Waals surface area contributed by atoms with Gasteiger partial charge in [0, 0.05) is 0 Å². The van der Waals surface area contributed by atoms with Crippen LogP contribution in [0.3, 0.4) is 0 Å². The minimum atomic E-state index is -0.0634. The molecule has 0 aliphatic rings. The van der Waals surface area contributed by atoms with Gasteiger partial charge in [0.05, 0.1) is 6.10 Å². The average molecular weight is 158 g/mol. The first-order valence-electron chi connectivity index (χ1n) is 4.94. The number of aliphatic hydroxyl groups is 1. The minimum absolute atomic E-state index is 0.0634. The smallest absolute Gasteiger partial charge is 0.0565 e. The van der Waals surface area contributed by atoms with Gasteiger partial charge in [-0.1, -0.05) is 40.0 Å². The van der Waals surface area contributed by atoms with E-state index in [1.807, 2.05) is 0 Å². The van der Waals surface area contributed by atoms with Crippen molar-refractivity contribution in [3.63, 3.8) is 0 Å². The number of hydrogen-bond acceptors (Lipinski definition) is 1. The maximum atomic E-state index is 9.54. The maximum Gasteiger partial charge on any atom is 0.0565 e. The predicted octanol–water partition coefficient (Wildman–Crippen LogP) is 2.97. The highest BCUT2D eigenvalue weighted by molar-refractivity contribution is 4.65. The molecule has 0 aliphatic carbocycles. The Bertz CT molecular complexity index is 80.9. The third-order valence-corrected chi connectivity index (χ3v) is 2.42. The second-order valence-electron chi connectivity index (χ2n) is 3.29. The minimum Gasteiger partial charge on any atom is -0.393 e. The predicted molar refractivity (Wildman–Crippen MR) is 49.6 cm³/mol. The van der Waals surface area contributed by atoms with Gasteiger partial charge in [0.25, 0.3) is 0 Å². The highest BCUT2D eigenvalue weighted by Crippen LogP contribution is 2.18. The van der Waals surface area contributed by atoms with Crippen LogP contribution in [0.15, 0.2) is 0 Å². The molecule has 0 aromatic carbocycles. The molecule has 68 valence electrons. The summed E-state index contributed by atoms with van der Waals surface area (Å²) < 4.78 is 0. The zero-order valence-corrected chi connectivity index (χ0v) is 8.14. The molecule has 0 bridgehead atoms. The third kappa shape index (κ3) is 4.41. The van der Waals surface area contributed by atoms with Crippen LogP contribution in [0.2, 0.25) is 0 Å². The number of rotatable bonds is 6. The molecule has 0 unspecified atom stereocenters. The van der Waals surface area contributed by atoms with Gasteiger partial charge in [-0.25, -0.2) is 0 Å². The van der Waals surface area contributed by atoms with Crippen LogP contribution in [0.4, 0.5) is 0 Å². The Balaban J connectivity index is 3.56. The summed E-state index contributed by atoms with van der Waals surface area (Å²) >= 11 is 0.